The molecule has 0 aliphatic heterocycles. The molecule has 3 aromatic carbocycles. The van der Waals surface area contributed by atoms with Crippen molar-refractivity contribution in [2.45, 2.75) is 25.2 Å². The van der Waals surface area contributed by atoms with Crippen molar-refractivity contribution >= 4 is 39.0 Å². The molecule has 38 heavy (non-hydrogen) atoms. The highest BCUT2D eigenvalue weighted by atomic mass is 32.1. The van der Waals surface area contributed by atoms with E-state index in [-0.39, 0.29) is 23.6 Å². The third kappa shape index (κ3) is 5.03. The zero-order chi connectivity index (χ0) is 26.1. The van der Waals surface area contributed by atoms with Crippen LogP contribution in [-0.4, -0.2) is 33.4 Å². The van der Waals surface area contributed by atoms with Crippen LogP contribution in [0.4, 0.5) is 10.5 Å². The topological polar surface area (TPSA) is 96.3 Å². The van der Waals surface area contributed by atoms with Crippen LogP contribution >= 0.6 is 11.3 Å². The van der Waals surface area contributed by atoms with Crippen molar-refractivity contribution in [2.75, 3.05) is 11.9 Å². The van der Waals surface area contributed by atoms with E-state index in [0.29, 0.717) is 28.4 Å². The van der Waals surface area contributed by atoms with Crippen molar-refractivity contribution in [1.82, 2.24) is 15.1 Å². The van der Waals surface area contributed by atoms with Crippen LogP contribution in [0.25, 0.3) is 21.3 Å². The van der Waals surface area contributed by atoms with Crippen LogP contribution in [0.15, 0.2) is 84.9 Å². The maximum absolute atomic E-state index is 13.0. The van der Waals surface area contributed by atoms with E-state index in [9.17, 15) is 14.7 Å². The summed E-state index contributed by atoms with van der Waals surface area (Å²) in [5.41, 5.74) is 3.50. The fourth-order valence-corrected chi connectivity index (χ4v) is 5.46. The number of anilines is 1. The molecule has 1 aliphatic rings. The van der Waals surface area contributed by atoms with E-state index in [4.69, 9.17) is 0 Å². The molecule has 5 aromatic rings. The second-order valence-electron chi connectivity index (χ2n) is 9.44. The van der Waals surface area contributed by atoms with Gasteiger partial charge in [0.15, 0.2) is 0 Å². The summed E-state index contributed by atoms with van der Waals surface area (Å²) in [5.74, 6) is 0.0413. The molecule has 2 heterocycles. The van der Waals surface area contributed by atoms with E-state index in [2.05, 4.69) is 15.7 Å². The number of phenolic OH excluding ortho intramolecular Hbond substituents is 1. The molecule has 2 aromatic heterocycles. The monoisotopic (exact) mass is 522 g/mol. The Morgan fingerprint density at radius 2 is 1.76 bits per heavy atom. The summed E-state index contributed by atoms with van der Waals surface area (Å²) >= 11 is 1.42. The van der Waals surface area contributed by atoms with Gasteiger partial charge in [0.2, 0.25) is 0 Å². The Hall–Kier alpha value is -4.43. The number of amides is 2. The lowest BCUT2D eigenvalue weighted by Crippen LogP contribution is -2.32. The second-order valence-corrected chi connectivity index (χ2v) is 10.5. The molecule has 3 N–H and O–H groups in total. The number of carbonyl (C=O) groups excluding carboxylic acids is 2. The first kappa shape index (κ1) is 23.9. The summed E-state index contributed by atoms with van der Waals surface area (Å²) in [6.45, 7) is 0.502. The SMILES string of the molecule is O=C(Nc1ccc(-c2cc(C3CC3)n(C(=O)NCCc3ccccc3)n2)c(O)c1)c1cc2ccccc2s1. The van der Waals surface area contributed by atoms with Crippen LogP contribution in [0.3, 0.4) is 0 Å². The van der Waals surface area contributed by atoms with E-state index in [1.54, 1.807) is 12.1 Å². The summed E-state index contributed by atoms with van der Waals surface area (Å²) < 4.78 is 2.47. The molecule has 0 radical (unpaired) electrons. The summed E-state index contributed by atoms with van der Waals surface area (Å²) in [4.78, 5) is 26.4. The first-order valence-electron chi connectivity index (χ1n) is 12.6. The maximum atomic E-state index is 13.0. The minimum atomic E-state index is -0.277. The first-order chi connectivity index (χ1) is 18.5. The van der Waals surface area contributed by atoms with Crippen molar-refractivity contribution in [2.24, 2.45) is 0 Å². The summed E-state index contributed by atoms with van der Waals surface area (Å²) in [7, 11) is 0. The van der Waals surface area contributed by atoms with Crippen molar-refractivity contribution < 1.29 is 14.7 Å². The normalized spacial score (nSPS) is 12.9. The summed E-state index contributed by atoms with van der Waals surface area (Å²) in [6.07, 6.45) is 2.75. The Morgan fingerprint density at radius 3 is 2.53 bits per heavy atom. The number of hydrogen-bond acceptors (Lipinski definition) is 5. The number of hydrogen-bond donors (Lipinski definition) is 3. The van der Waals surface area contributed by atoms with Crippen molar-refractivity contribution in [3.05, 3.63) is 101 Å². The number of thiophene rings is 1. The Kier molecular flexibility index (Phi) is 6.39. The van der Waals surface area contributed by atoms with Gasteiger partial charge in [-0.2, -0.15) is 9.78 Å². The third-order valence-electron chi connectivity index (χ3n) is 6.64. The van der Waals surface area contributed by atoms with Gasteiger partial charge in [0.1, 0.15) is 5.75 Å². The third-order valence-corrected chi connectivity index (χ3v) is 7.75. The lowest BCUT2D eigenvalue weighted by atomic mass is 10.1. The van der Waals surface area contributed by atoms with E-state index in [1.165, 1.54) is 22.1 Å². The molecule has 8 heteroatoms. The minimum Gasteiger partial charge on any atom is -0.507 e. The van der Waals surface area contributed by atoms with Gasteiger partial charge in [-0.3, -0.25) is 4.79 Å². The highest BCUT2D eigenvalue weighted by molar-refractivity contribution is 7.20. The fourth-order valence-electron chi connectivity index (χ4n) is 4.51. The van der Waals surface area contributed by atoms with Gasteiger partial charge in [-0.25, -0.2) is 4.79 Å². The average molecular weight is 523 g/mol. The number of carbonyl (C=O) groups is 2. The molecule has 1 fully saturated rings. The number of benzene rings is 3. The predicted octanol–water partition coefficient (Wildman–Crippen LogP) is 6.40. The molecule has 1 aliphatic carbocycles. The first-order valence-corrected chi connectivity index (χ1v) is 13.4. The van der Waals surface area contributed by atoms with Crippen molar-refractivity contribution in [3.8, 4) is 17.0 Å². The molecule has 7 nitrogen and oxygen atoms in total. The molecule has 0 spiro atoms. The Morgan fingerprint density at radius 1 is 0.974 bits per heavy atom. The van der Waals surface area contributed by atoms with E-state index < -0.39 is 0 Å². The fraction of sp³-hybridized carbons (Fsp3) is 0.167. The minimum absolute atomic E-state index is 0.0179. The van der Waals surface area contributed by atoms with Gasteiger partial charge in [-0.1, -0.05) is 48.5 Å². The quantitative estimate of drug-likeness (QED) is 0.230. The van der Waals surface area contributed by atoms with Gasteiger partial charge in [0.05, 0.1) is 16.3 Å². The lowest BCUT2D eigenvalue weighted by molar-refractivity contribution is 0.103. The molecule has 0 unspecified atom stereocenters. The Bertz CT molecular complexity index is 1600. The molecule has 0 bridgehead atoms. The van der Waals surface area contributed by atoms with Crippen LogP contribution < -0.4 is 10.6 Å². The number of nitrogens with one attached hydrogen (secondary N) is 2. The summed E-state index contributed by atoms with van der Waals surface area (Å²) in [6, 6.07) is 26.3. The van der Waals surface area contributed by atoms with Crippen molar-refractivity contribution in [1.29, 1.82) is 0 Å². The summed E-state index contributed by atoms with van der Waals surface area (Å²) in [5, 5.41) is 22.2. The largest absolute Gasteiger partial charge is 0.507 e. The molecular formula is C30H26N4O3S. The Balaban J connectivity index is 1.17. The second kappa shape index (κ2) is 10.1. The zero-order valence-electron chi connectivity index (χ0n) is 20.6. The molecule has 190 valence electrons. The molecular weight excluding hydrogens is 496 g/mol. The zero-order valence-corrected chi connectivity index (χ0v) is 21.4. The van der Waals surface area contributed by atoms with Crippen LogP contribution in [0.2, 0.25) is 0 Å². The van der Waals surface area contributed by atoms with Gasteiger partial charge in [0, 0.05) is 34.5 Å². The molecule has 1 saturated carbocycles. The number of fused-ring (bicyclic) bond motifs is 1. The van der Waals surface area contributed by atoms with E-state index >= 15 is 0 Å². The smallest absolute Gasteiger partial charge is 0.342 e. The van der Waals surface area contributed by atoms with E-state index in [0.717, 1.165) is 40.6 Å². The standard InChI is InChI=1S/C30H26N4O3S/c35-26-17-22(32-29(36)28-16-21-8-4-5-9-27(21)38-28)12-13-23(26)24-18-25(20-10-11-20)34(33-24)30(37)31-15-14-19-6-2-1-3-7-19/h1-9,12-13,16-18,20,35H,10-11,14-15H2,(H,31,37)(H,32,36). The molecule has 0 saturated heterocycles. The van der Waals surface area contributed by atoms with Crippen LogP contribution in [0.1, 0.15) is 39.7 Å². The number of nitrogens with zero attached hydrogens (tertiary/aromatic N) is 2. The number of aromatic hydroxyl groups is 1. The van der Waals surface area contributed by atoms with Gasteiger partial charge < -0.3 is 15.7 Å². The van der Waals surface area contributed by atoms with Gasteiger partial charge in [-0.15, -0.1) is 11.3 Å². The van der Waals surface area contributed by atoms with Gasteiger partial charge >= 0.3 is 6.03 Å². The van der Waals surface area contributed by atoms with E-state index in [1.807, 2.05) is 66.7 Å². The predicted molar refractivity (Wildman–Crippen MR) is 150 cm³/mol. The Labute approximate surface area is 223 Å². The molecule has 6 rings (SSSR count). The highest BCUT2D eigenvalue weighted by Gasteiger charge is 2.30. The van der Waals surface area contributed by atoms with Crippen molar-refractivity contribution in [3.63, 3.8) is 0 Å². The molecule has 0 atom stereocenters. The number of phenols is 1. The number of aromatic nitrogens is 2. The number of rotatable bonds is 7. The highest BCUT2D eigenvalue weighted by Crippen LogP contribution is 2.42. The van der Waals surface area contributed by atoms with Crippen LogP contribution in [0, 0.1) is 0 Å². The van der Waals surface area contributed by atoms with Crippen LogP contribution in [0.5, 0.6) is 5.75 Å². The maximum Gasteiger partial charge on any atom is 0.342 e. The average Bonchev–Trinajstić information content (AvgIpc) is 3.52. The van der Waals surface area contributed by atoms with Gasteiger partial charge in [0.25, 0.3) is 5.91 Å². The molecule has 2 amide bonds. The van der Waals surface area contributed by atoms with Crippen LogP contribution in [-0.2, 0) is 6.42 Å². The lowest BCUT2D eigenvalue weighted by Gasteiger charge is -2.08. The van der Waals surface area contributed by atoms with Gasteiger partial charge in [-0.05, 0) is 60.5 Å².